The van der Waals surface area contributed by atoms with Gasteiger partial charge >= 0.3 is 0 Å². The standard InChI is InChI=1S/C7H15FN2/c1-5(2)7-3-6(8)4-10(7)9/h5-7H,3-4,9H2,1-2H3. The Kier molecular flexibility index (Phi) is 2.26. The summed E-state index contributed by atoms with van der Waals surface area (Å²) in [5, 5.41) is 1.62. The van der Waals surface area contributed by atoms with Gasteiger partial charge < -0.3 is 0 Å². The number of hydrogen-bond donors (Lipinski definition) is 1. The molecule has 2 N–H and O–H groups in total. The van der Waals surface area contributed by atoms with Crippen molar-refractivity contribution >= 4 is 0 Å². The third-order valence-corrected chi connectivity index (χ3v) is 2.10. The van der Waals surface area contributed by atoms with Gasteiger partial charge in [0.05, 0.1) is 0 Å². The highest BCUT2D eigenvalue weighted by atomic mass is 19.1. The highest BCUT2D eigenvalue weighted by Gasteiger charge is 2.31. The van der Waals surface area contributed by atoms with Gasteiger partial charge in [0.25, 0.3) is 0 Å². The molecule has 10 heavy (non-hydrogen) atoms. The van der Waals surface area contributed by atoms with Crippen LogP contribution in [0.2, 0.25) is 0 Å². The summed E-state index contributed by atoms with van der Waals surface area (Å²) in [4.78, 5) is 0. The first-order valence-electron chi connectivity index (χ1n) is 3.76. The molecule has 0 bridgehead atoms. The van der Waals surface area contributed by atoms with E-state index in [0.29, 0.717) is 18.9 Å². The van der Waals surface area contributed by atoms with Crippen molar-refractivity contribution in [1.29, 1.82) is 0 Å². The minimum absolute atomic E-state index is 0.245. The number of halogens is 1. The predicted octanol–water partition coefficient (Wildman–Crippen LogP) is 0.929. The maximum atomic E-state index is 12.7. The van der Waals surface area contributed by atoms with E-state index in [2.05, 4.69) is 13.8 Å². The van der Waals surface area contributed by atoms with Gasteiger partial charge in [-0.25, -0.2) is 9.40 Å². The lowest BCUT2D eigenvalue weighted by Crippen LogP contribution is -2.39. The third-order valence-electron chi connectivity index (χ3n) is 2.10. The summed E-state index contributed by atoms with van der Waals surface area (Å²) in [6.45, 7) is 4.55. The monoisotopic (exact) mass is 146 g/mol. The molecule has 0 aliphatic carbocycles. The molecule has 1 heterocycles. The smallest absolute Gasteiger partial charge is 0.116 e. The molecular formula is C7H15FN2. The minimum Gasteiger partial charge on any atom is -0.268 e. The van der Waals surface area contributed by atoms with Gasteiger partial charge in [-0.05, 0) is 12.3 Å². The van der Waals surface area contributed by atoms with Crippen molar-refractivity contribution in [2.45, 2.75) is 32.5 Å². The first-order chi connectivity index (χ1) is 4.61. The van der Waals surface area contributed by atoms with E-state index in [4.69, 9.17) is 5.84 Å². The van der Waals surface area contributed by atoms with Crippen LogP contribution in [0.15, 0.2) is 0 Å². The maximum Gasteiger partial charge on any atom is 0.116 e. The molecular weight excluding hydrogens is 131 g/mol. The van der Waals surface area contributed by atoms with Gasteiger partial charge in [-0.2, -0.15) is 0 Å². The van der Waals surface area contributed by atoms with Crippen LogP contribution in [0.4, 0.5) is 4.39 Å². The summed E-state index contributed by atoms with van der Waals surface area (Å²) in [6.07, 6.45) is -0.105. The molecule has 0 aromatic rings. The molecule has 1 fully saturated rings. The first kappa shape index (κ1) is 7.95. The van der Waals surface area contributed by atoms with Crippen LogP contribution in [0.1, 0.15) is 20.3 Å². The molecule has 1 aliphatic rings. The van der Waals surface area contributed by atoms with Gasteiger partial charge in [0.2, 0.25) is 0 Å². The normalized spacial score (nSPS) is 35.7. The van der Waals surface area contributed by atoms with Crippen LogP contribution < -0.4 is 5.84 Å². The van der Waals surface area contributed by atoms with Crippen LogP contribution in [-0.2, 0) is 0 Å². The lowest BCUT2D eigenvalue weighted by atomic mass is 10.0. The number of hydrogen-bond acceptors (Lipinski definition) is 2. The predicted molar refractivity (Wildman–Crippen MR) is 39.0 cm³/mol. The number of hydrazine groups is 1. The highest BCUT2D eigenvalue weighted by Crippen LogP contribution is 2.22. The first-order valence-corrected chi connectivity index (χ1v) is 3.76. The maximum absolute atomic E-state index is 12.7. The number of rotatable bonds is 1. The summed E-state index contributed by atoms with van der Waals surface area (Å²) in [5.41, 5.74) is 0. The fraction of sp³-hybridized carbons (Fsp3) is 1.00. The van der Waals surface area contributed by atoms with Crippen molar-refractivity contribution in [3.63, 3.8) is 0 Å². The molecule has 0 aromatic carbocycles. The van der Waals surface area contributed by atoms with Crippen molar-refractivity contribution in [2.24, 2.45) is 11.8 Å². The quantitative estimate of drug-likeness (QED) is 0.557. The number of nitrogens with zero attached hydrogens (tertiary/aromatic N) is 1. The van der Waals surface area contributed by atoms with Crippen molar-refractivity contribution in [3.05, 3.63) is 0 Å². The van der Waals surface area contributed by atoms with Crippen LogP contribution in [0, 0.1) is 5.92 Å². The Labute approximate surface area is 61.2 Å². The summed E-state index contributed by atoms with van der Waals surface area (Å²) in [6, 6.07) is 0.245. The van der Waals surface area contributed by atoms with Gasteiger partial charge in [0, 0.05) is 12.6 Å². The van der Waals surface area contributed by atoms with Crippen LogP contribution in [-0.4, -0.2) is 23.8 Å². The molecule has 3 heteroatoms. The van der Waals surface area contributed by atoms with Crippen LogP contribution in [0.25, 0.3) is 0 Å². The minimum atomic E-state index is -0.711. The summed E-state index contributed by atoms with van der Waals surface area (Å²) in [5.74, 6) is 6.03. The molecule has 0 aromatic heterocycles. The molecule has 0 radical (unpaired) electrons. The van der Waals surface area contributed by atoms with Gasteiger partial charge in [0.15, 0.2) is 0 Å². The zero-order chi connectivity index (χ0) is 7.72. The molecule has 2 nitrogen and oxygen atoms in total. The van der Waals surface area contributed by atoms with Gasteiger partial charge in [-0.3, -0.25) is 5.84 Å². The Bertz CT molecular complexity index is 116. The Morgan fingerprint density at radius 2 is 2.20 bits per heavy atom. The second kappa shape index (κ2) is 2.84. The largest absolute Gasteiger partial charge is 0.268 e. The Balaban J connectivity index is 2.46. The van der Waals surface area contributed by atoms with E-state index < -0.39 is 6.17 Å². The molecule has 2 unspecified atom stereocenters. The van der Waals surface area contributed by atoms with Crippen molar-refractivity contribution in [2.75, 3.05) is 6.54 Å². The third kappa shape index (κ3) is 1.47. The molecule has 60 valence electrons. The highest BCUT2D eigenvalue weighted by molar-refractivity contribution is 4.83. The van der Waals surface area contributed by atoms with E-state index in [1.165, 1.54) is 0 Å². The van der Waals surface area contributed by atoms with Crippen molar-refractivity contribution in [3.8, 4) is 0 Å². The van der Waals surface area contributed by atoms with E-state index in [-0.39, 0.29) is 6.04 Å². The topological polar surface area (TPSA) is 29.3 Å². The lowest BCUT2D eigenvalue weighted by Gasteiger charge is -2.21. The number of nitrogens with two attached hydrogens (primary N) is 1. The SMILES string of the molecule is CC(C)C1CC(F)CN1N. The Hall–Kier alpha value is -0.150. The van der Waals surface area contributed by atoms with Crippen LogP contribution in [0.3, 0.4) is 0 Å². The van der Waals surface area contributed by atoms with Crippen molar-refractivity contribution < 1.29 is 4.39 Å². The molecule has 0 spiro atoms. The fourth-order valence-corrected chi connectivity index (χ4v) is 1.49. The average Bonchev–Trinajstić information content (AvgIpc) is 2.10. The molecule has 0 saturated carbocycles. The molecule has 1 saturated heterocycles. The van der Waals surface area contributed by atoms with E-state index in [0.717, 1.165) is 0 Å². The van der Waals surface area contributed by atoms with Gasteiger partial charge in [-0.15, -0.1) is 0 Å². The van der Waals surface area contributed by atoms with Gasteiger partial charge in [0.1, 0.15) is 6.17 Å². The van der Waals surface area contributed by atoms with E-state index in [1.54, 1.807) is 5.01 Å². The Morgan fingerprint density at radius 3 is 2.40 bits per heavy atom. The summed E-state index contributed by atoms with van der Waals surface area (Å²) in [7, 11) is 0. The van der Waals surface area contributed by atoms with E-state index >= 15 is 0 Å². The fourth-order valence-electron chi connectivity index (χ4n) is 1.49. The summed E-state index contributed by atoms with van der Waals surface area (Å²) < 4.78 is 12.7. The molecule has 1 rings (SSSR count). The molecule has 2 atom stereocenters. The summed E-state index contributed by atoms with van der Waals surface area (Å²) >= 11 is 0. The molecule has 1 aliphatic heterocycles. The Morgan fingerprint density at radius 1 is 1.60 bits per heavy atom. The van der Waals surface area contributed by atoms with Crippen LogP contribution in [0.5, 0.6) is 0 Å². The molecule has 0 amide bonds. The second-order valence-corrected chi connectivity index (χ2v) is 3.34. The van der Waals surface area contributed by atoms with Crippen LogP contribution >= 0.6 is 0 Å². The number of alkyl halides is 1. The zero-order valence-electron chi connectivity index (χ0n) is 6.55. The van der Waals surface area contributed by atoms with Crippen molar-refractivity contribution in [1.82, 2.24) is 5.01 Å². The van der Waals surface area contributed by atoms with E-state index in [1.807, 2.05) is 0 Å². The average molecular weight is 146 g/mol. The zero-order valence-corrected chi connectivity index (χ0v) is 6.55. The van der Waals surface area contributed by atoms with Gasteiger partial charge in [-0.1, -0.05) is 13.8 Å². The lowest BCUT2D eigenvalue weighted by molar-refractivity contribution is 0.209. The second-order valence-electron chi connectivity index (χ2n) is 3.34. The van der Waals surface area contributed by atoms with E-state index in [9.17, 15) is 4.39 Å².